The van der Waals surface area contributed by atoms with Crippen molar-refractivity contribution >= 4 is 53.6 Å². The summed E-state index contributed by atoms with van der Waals surface area (Å²) in [5, 5.41) is 5.00. The monoisotopic (exact) mass is 274 g/mol. The molecule has 1 N–H and O–H groups in total. The van der Waals surface area contributed by atoms with Gasteiger partial charge in [0.25, 0.3) is 0 Å². The number of thiophene rings is 1. The Morgan fingerprint density at radius 1 is 0.800 bits per heavy atom. The smallest absolute Gasteiger partial charge is 0.140 e. The van der Waals surface area contributed by atoms with Crippen LogP contribution in [0.3, 0.4) is 0 Å². The molecule has 5 aromatic rings. The first-order valence-electron chi connectivity index (χ1n) is 6.59. The maximum absolute atomic E-state index is 4.82. The number of aromatic nitrogens is 2. The Labute approximate surface area is 118 Å². The third-order valence-corrected chi connectivity index (χ3v) is 4.92. The molecule has 0 unspecified atom stereocenters. The summed E-state index contributed by atoms with van der Waals surface area (Å²) in [5.41, 5.74) is 2.13. The molecule has 0 fully saturated rings. The third-order valence-electron chi connectivity index (χ3n) is 3.84. The standard InChI is InChI=1S/C17H10N2S/c1-3-7-14-10(5-1)12-9-13-11-6-2-4-8-15(11)20-17(13)19-16(12)18-14/h1-9H,(H,18,19). The van der Waals surface area contributed by atoms with Crippen molar-refractivity contribution in [2.75, 3.05) is 0 Å². The van der Waals surface area contributed by atoms with Crippen molar-refractivity contribution in [2.24, 2.45) is 0 Å². The zero-order chi connectivity index (χ0) is 13.1. The van der Waals surface area contributed by atoms with E-state index in [1.807, 2.05) is 0 Å². The van der Waals surface area contributed by atoms with Crippen LogP contribution in [0.15, 0.2) is 54.6 Å². The van der Waals surface area contributed by atoms with E-state index < -0.39 is 0 Å². The number of nitrogens with one attached hydrogen (secondary N) is 1. The van der Waals surface area contributed by atoms with Crippen LogP contribution in [0.5, 0.6) is 0 Å². The van der Waals surface area contributed by atoms with E-state index in [4.69, 9.17) is 4.98 Å². The van der Waals surface area contributed by atoms with Gasteiger partial charge >= 0.3 is 0 Å². The van der Waals surface area contributed by atoms with Gasteiger partial charge in [-0.05, 0) is 18.2 Å². The molecule has 0 aliphatic rings. The molecular weight excluding hydrogens is 264 g/mol. The third kappa shape index (κ3) is 1.25. The molecule has 5 rings (SSSR count). The molecule has 2 aromatic carbocycles. The number of H-pyrrole nitrogens is 1. The summed E-state index contributed by atoms with van der Waals surface area (Å²) < 4.78 is 1.30. The molecule has 2 nitrogen and oxygen atoms in total. The number of nitrogens with zero attached hydrogens (tertiary/aromatic N) is 1. The zero-order valence-electron chi connectivity index (χ0n) is 10.6. The van der Waals surface area contributed by atoms with Crippen LogP contribution in [-0.2, 0) is 0 Å². The van der Waals surface area contributed by atoms with Crippen LogP contribution in [-0.4, -0.2) is 9.97 Å². The summed E-state index contributed by atoms with van der Waals surface area (Å²) in [6.45, 7) is 0. The van der Waals surface area contributed by atoms with Crippen LogP contribution < -0.4 is 0 Å². The summed E-state index contributed by atoms with van der Waals surface area (Å²) in [5.74, 6) is 0. The number of fused-ring (bicyclic) bond motifs is 6. The molecule has 0 spiro atoms. The highest BCUT2D eigenvalue weighted by Crippen LogP contribution is 2.36. The van der Waals surface area contributed by atoms with Gasteiger partial charge in [0.05, 0.1) is 0 Å². The Bertz CT molecular complexity index is 1020. The molecule has 0 aliphatic heterocycles. The van der Waals surface area contributed by atoms with Crippen LogP contribution in [0, 0.1) is 0 Å². The van der Waals surface area contributed by atoms with Gasteiger partial charge in [-0.1, -0.05) is 36.4 Å². The summed E-state index contributed by atoms with van der Waals surface area (Å²) in [7, 11) is 0. The van der Waals surface area contributed by atoms with Crippen molar-refractivity contribution in [1.29, 1.82) is 0 Å². The Morgan fingerprint density at radius 2 is 1.60 bits per heavy atom. The van der Waals surface area contributed by atoms with Crippen LogP contribution in [0.4, 0.5) is 0 Å². The fourth-order valence-electron chi connectivity index (χ4n) is 2.90. The van der Waals surface area contributed by atoms with Gasteiger partial charge in [0.15, 0.2) is 0 Å². The first kappa shape index (κ1) is 10.4. The van der Waals surface area contributed by atoms with E-state index in [9.17, 15) is 0 Å². The van der Waals surface area contributed by atoms with Gasteiger partial charge in [-0.3, -0.25) is 0 Å². The minimum absolute atomic E-state index is 0.977. The Balaban J connectivity index is 2.06. The van der Waals surface area contributed by atoms with Crippen molar-refractivity contribution in [3.05, 3.63) is 54.6 Å². The van der Waals surface area contributed by atoms with E-state index in [2.05, 4.69) is 59.6 Å². The van der Waals surface area contributed by atoms with E-state index in [1.165, 1.54) is 26.2 Å². The average Bonchev–Trinajstić information content (AvgIpc) is 3.02. The van der Waals surface area contributed by atoms with Crippen molar-refractivity contribution in [2.45, 2.75) is 0 Å². The molecule has 94 valence electrons. The van der Waals surface area contributed by atoms with E-state index in [-0.39, 0.29) is 0 Å². The molecule has 0 atom stereocenters. The van der Waals surface area contributed by atoms with E-state index >= 15 is 0 Å². The van der Waals surface area contributed by atoms with Gasteiger partial charge in [-0.2, -0.15) is 0 Å². The van der Waals surface area contributed by atoms with Gasteiger partial charge in [-0.25, -0.2) is 4.98 Å². The highest BCUT2D eigenvalue weighted by Gasteiger charge is 2.10. The molecule has 0 aliphatic carbocycles. The van der Waals surface area contributed by atoms with E-state index in [1.54, 1.807) is 11.3 Å². The minimum Gasteiger partial charge on any atom is -0.339 e. The quantitative estimate of drug-likeness (QED) is 0.419. The highest BCUT2D eigenvalue weighted by atomic mass is 32.1. The molecule has 0 bridgehead atoms. The van der Waals surface area contributed by atoms with Crippen LogP contribution in [0.1, 0.15) is 0 Å². The number of aromatic amines is 1. The maximum Gasteiger partial charge on any atom is 0.140 e. The number of rotatable bonds is 0. The SMILES string of the molecule is c1ccc2c(c1)[nH]c1nc3sc4ccccc4c3cc12. The Kier molecular flexibility index (Phi) is 1.86. The van der Waals surface area contributed by atoms with Crippen LogP contribution in [0.25, 0.3) is 42.2 Å². The average molecular weight is 274 g/mol. The summed E-state index contributed by atoms with van der Waals surface area (Å²) >= 11 is 1.76. The van der Waals surface area contributed by atoms with E-state index in [0.717, 1.165) is 16.0 Å². The normalized spacial score (nSPS) is 12.0. The molecule has 0 saturated heterocycles. The molecule has 0 amide bonds. The molecule has 0 saturated carbocycles. The number of para-hydroxylation sites is 1. The lowest BCUT2D eigenvalue weighted by molar-refractivity contribution is 1.42. The number of hydrogen-bond donors (Lipinski definition) is 1. The summed E-state index contributed by atoms with van der Waals surface area (Å²) in [4.78, 5) is 9.33. The highest BCUT2D eigenvalue weighted by molar-refractivity contribution is 7.25. The second-order valence-corrected chi connectivity index (χ2v) is 6.04. The van der Waals surface area contributed by atoms with Gasteiger partial charge in [0.2, 0.25) is 0 Å². The Morgan fingerprint density at radius 3 is 2.55 bits per heavy atom. The lowest BCUT2D eigenvalue weighted by Crippen LogP contribution is -1.75. The fraction of sp³-hybridized carbons (Fsp3) is 0. The maximum atomic E-state index is 4.82. The molecular formula is C17H10N2S. The molecule has 3 heteroatoms. The van der Waals surface area contributed by atoms with Gasteiger partial charge in [0.1, 0.15) is 10.5 Å². The lowest BCUT2D eigenvalue weighted by Gasteiger charge is -1.93. The first-order chi connectivity index (χ1) is 9.90. The Hall–Kier alpha value is -2.39. The predicted octanol–water partition coefficient (Wildman–Crippen LogP) is 5.08. The second kappa shape index (κ2) is 3.58. The molecule has 3 heterocycles. The van der Waals surface area contributed by atoms with Crippen molar-refractivity contribution in [1.82, 2.24) is 9.97 Å². The summed E-state index contributed by atoms with van der Waals surface area (Å²) in [6.07, 6.45) is 0. The van der Waals surface area contributed by atoms with Crippen molar-refractivity contribution in [3.8, 4) is 0 Å². The zero-order valence-corrected chi connectivity index (χ0v) is 11.4. The van der Waals surface area contributed by atoms with Gasteiger partial charge in [-0.15, -0.1) is 11.3 Å². The molecule has 20 heavy (non-hydrogen) atoms. The largest absolute Gasteiger partial charge is 0.339 e. The van der Waals surface area contributed by atoms with Crippen LogP contribution in [0.2, 0.25) is 0 Å². The van der Waals surface area contributed by atoms with Crippen molar-refractivity contribution < 1.29 is 0 Å². The summed E-state index contributed by atoms with van der Waals surface area (Å²) in [6, 6.07) is 19.2. The molecule has 0 radical (unpaired) electrons. The number of pyridine rings is 1. The van der Waals surface area contributed by atoms with Gasteiger partial charge < -0.3 is 4.98 Å². The minimum atomic E-state index is 0.977. The van der Waals surface area contributed by atoms with Crippen molar-refractivity contribution in [3.63, 3.8) is 0 Å². The number of benzene rings is 2. The van der Waals surface area contributed by atoms with Crippen LogP contribution >= 0.6 is 11.3 Å². The topological polar surface area (TPSA) is 28.7 Å². The van der Waals surface area contributed by atoms with E-state index in [0.29, 0.717) is 0 Å². The first-order valence-corrected chi connectivity index (χ1v) is 7.40. The fourth-order valence-corrected chi connectivity index (χ4v) is 3.96. The second-order valence-electron chi connectivity index (χ2n) is 5.01. The number of hydrogen-bond acceptors (Lipinski definition) is 2. The molecule has 3 aromatic heterocycles. The van der Waals surface area contributed by atoms with Gasteiger partial charge in [0, 0.05) is 31.8 Å². The lowest BCUT2D eigenvalue weighted by atomic mass is 10.1. The predicted molar refractivity (Wildman–Crippen MR) is 86.5 cm³/mol.